The van der Waals surface area contributed by atoms with E-state index in [-0.39, 0.29) is 49.5 Å². The van der Waals surface area contributed by atoms with E-state index in [9.17, 15) is 18.0 Å². The minimum absolute atomic E-state index is 0.222. The summed E-state index contributed by atoms with van der Waals surface area (Å²) in [5.74, 6) is -0.628. The summed E-state index contributed by atoms with van der Waals surface area (Å²) in [7, 11) is -3.59. The summed E-state index contributed by atoms with van der Waals surface area (Å²) < 4.78 is 32.1. The summed E-state index contributed by atoms with van der Waals surface area (Å²) in [4.78, 5) is 25.4. The minimum Gasteiger partial charge on any atom is -0.455 e. The molecule has 0 aliphatic carbocycles. The molecule has 1 aromatic rings. The smallest absolute Gasteiger partial charge is 0.308 e. The van der Waals surface area contributed by atoms with Crippen LogP contribution in [0.5, 0.6) is 0 Å². The van der Waals surface area contributed by atoms with Crippen molar-refractivity contribution in [3.63, 3.8) is 0 Å². The van der Waals surface area contributed by atoms with Crippen molar-refractivity contribution in [3.05, 3.63) is 29.8 Å². The normalized spacial score (nSPS) is 16.8. The summed E-state index contributed by atoms with van der Waals surface area (Å²) >= 11 is 0. The number of hydrogen-bond donors (Lipinski definition) is 0. The first-order chi connectivity index (χ1) is 13.2. The van der Waals surface area contributed by atoms with Crippen molar-refractivity contribution < 1.29 is 22.7 Å². The maximum atomic E-state index is 12.9. The number of amides is 1. The number of esters is 1. The van der Waals surface area contributed by atoms with E-state index in [1.165, 1.54) is 9.21 Å². The maximum Gasteiger partial charge on any atom is 0.308 e. The van der Waals surface area contributed by atoms with E-state index in [2.05, 4.69) is 13.8 Å². The average molecular weight is 411 g/mol. The molecular formula is C20H30N2O5S. The van der Waals surface area contributed by atoms with E-state index in [4.69, 9.17) is 4.74 Å². The minimum atomic E-state index is -3.59. The molecule has 1 heterocycles. The van der Waals surface area contributed by atoms with Crippen LogP contribution in [0.25, 0.3) is 0 Å². The van der Waals surface area contributed by atoms with Gasteiger partial charge in [-0.3, -0.25) is 9.59 Å². The first-order valence-corrected chi connectivity index (χ1v) is 11.1. The number of sulfonamides is 1. The highest BCUT2D eigenvalue weighted by molar-refractivity contribution is 7.89. The van der Waals surface area contributed by atoms with Crippen LogP contribution in [0.3, 0.4) is 0 Å². The topological polar surface area (TPSA) is 84.0 Å². The Morgan fingerprint density at radius 2 is 1.61 bits per heavy atom. The predicted molar refractivity (Wildman–Crippen MR) is 106 cm³/mol. The van der Waals surface area contributed by atoms with Crippen LogP contribution in [-0.2, 0) is 24.3 Å². The Morgan fingerprint density at radius 3 is 2.11 bits per heavy atom. The number of ether oxygens (including phenoxy) is 1. The van der Waals surface area contributed by atoms with Gasteiger partial charge >= 0.3 is 5.97 Å². The standard InChI is InChI=1S/C20H30N2O5S/c1-5-16(4)17-6-8-18(9-7-17)28(25,26)22-12-10-21(11-13-22)19(23)14-27-20(24)15(2)3/h6-9,15-16H,5,10-14H2,1-4H3/t16-/m0/s1. The molecule has 1 atom stereocenters. The molecule has 1 aliphatic heterocycles. The number of hydrogen-bond acceptors (Lipinski definition) is 5. The van der Waals surface area contributed by atoms with Gasteiger partial charge in [0.2, 0.25) is 10.0 Å². The zero-order valence-corrected chi connectivity index (χ0v) is 17.9. The Bertz CT molecular complexity index is 781. The number of nitrogens with zero attached hydrogens (tertiary/aromatic N) is 2. The van der Waals surface area contributed by atoms with Crippen molar-refractivity contribution >= 4 is 21.9 Å². The highest BCUT2D eigenvalue weighted by Crippen LogP contribution is 2.23. The van der Waals surface area contributed by atoms with Gasteiger partial charge in [-0.1, -0.05) is 39.8 Å². The SMILES string of the molecule is CC[C@H](C)c1ccc(S(=O)(=O)N2CCN(C(=O)COC(=O)C(C)C)CC2)cc1. The van der Waals surface area contributed by atoms with Crippen LogP contribution in [0.1, 0.15) is 45.6 Å². The van der Waals surface area contributed by atoms with Crippen LogP contribution in [0, 0.1) is 5.92 Å². The third-order valence-corrected chi connectivity index (χ3v) is 7.01. The Kier molecular flexibility index (Phi) is 7.60. The van der Waals surface area contributed by atoms with E-state index in [0.29, 0.717) is 5.92 Å². The van der Waals surface area contributed by atoms with Gasteiger partial charge in [0.25, 0.3) is 5.91 Å². The van der Waals surface area contributed by atoms with Crippen LogP contribution >= 0.6 is 0 Å². The molecule has 28 heavy (non-hydrogen) atoms. The summed E-state index contributed by atoms with van der Waals surface area (Å²) in [5, 5.41) is 0. The lowest BCUT2D eigenvalue weighted by atomic mass is 9.99. The number of carbonyl (C=O) groups is 2. The third kappa shape index (κ3) is 5.32. The largest absolute Gasteiger partial charge is 0.455 e. The van der Waals surface area contributed by atoms with Gasteiger partial charge in [-0.15, -0.1) is 0 Å². The quantitative estimate of drug-likeness (QED) is 0.644. The lowest BCUT2D eigenvalue weighted by Crippen LogP contribution is -2.51. The van der Waals surface area contributed by atoms with Crippen molar-refractivity contribution in [2.45, 2.75) is 44.9 Å². The zero-order chi connectivity index (χ0) is 20.9. The van der Waals surface area contributed by atoms with Crippen LogP contribution in [0.2, 0.25) is 0 Å². The number of piperazine rings is 1. The highest BCUT2D eigenvalue weighted by Gasteiger charge is 2.30. The van der Waals surface area contributed by atoms with Gasteiger partial charge in [0, 0.05) is 26.2 Å². The van der Waals surface area contributed by atoms with E-state index < -0.39 is 16.0 Å². The summed E-state index contributed by atoms with van der Waals surface area (Å²) in [6.45, 7) is 8.31. The van der Waals surface area contributed by atoms with Crippen molar-refractivity contribution in [3.8, 4) is 0 Å². The van der Waals surface area contributed by atoms with E-state index >= 15 is 0 Å². The molecule has 7 nitrogen and oxygen atoms in total. The highest BCUT2D eigenvalue weighted by atomic mass is 32.2. The number of rotatable bonds is 7. The van der Waals surface area contributed by atoms with Crippen LogP contribution in [-0.4, -0.2) is 62.3 Å². The van der Waals surface area contributed by atoms with E-state index in [0.717, 1.165) is 12.0 Å². The first kappa shape index (κ1) is 22.4. The fourth-order valence-electron chi connectivity index (χ4n) is 2.92. The molecule has 0 saturated carbocycles. The molecule has 8 heteroatoms. The maximum absolute atomic E-state index is 12.9. The van der Waals surface area contributed by atoms with Crippen molar-refractivity contribution in [1.29, 1.82) is 0 Å². The molecule has 0 spiro atoms. The molecule has 0 unspecified atom stereocenters. The van der Waals surface area contributed by atoms with Gasteiger partial charge in [-0.25, -0.2) is 8.42 Å². The summed E-state index contributed by atoms with van der Waals surface area (Å²) in [6.07, 6.45) is 0.995. The molecule has 1 aliphatic rings. The third-order valence-electron chi connectivity index (χ3n) is 5.10. The fourth-order valence-corrected chi connectivity index (χ4v) is 4.34. The molecular weight excluding hydrogens is 380 g/mol. The van der Waals surface area contributed by atoms with Gasteiger partial charge in [0.1, 0.15) is 0 Å². The second-order valence-corrected chi connectivity index (χ2v) is 9.36. The van der Waals surface area contributed by atoms with Gasteiger partial charge < -0.3 is 9.64 Å². The van der Waals surface area contributed by atoms with Gasteiger partial charge in [-0.05, 0) is 30.0 Å². The van der Waals surface area contributed by atoms with E-state index in [1.54, 1.807) is 26.0 Å². The Hall–Kier alpha value is -1.93. The molecule has 2 rings (SSSR count). The molecule has 0 bridgehead atoms. The zero-order valence-electron chi connectivity index (χ0n) is 17.1. The Morgan fingerprint density at radius 1 is 1.04 bits per heavy atom. The van der Waals surface area contributed by atoms with Crippen LogP contribution in [0.15, 0.2) is 29.2 Å². The van der Waals surface area contributed by atoms with Crippen LogP contribution in [0.4, 0.5) is 0 Å². The molecule has 0 N–H and O–H groups in total. The summed E-state index contributed by atoms with van der Waals surface area (Å²) in [5.41, 5.74) is 1.12. The molecule has 156 valence electrons. The molecule has 1 fully saturated rings. The monoisotopic (exact) mass is 410 g/mol. The molecule has 1 aromatic carbocycles. The molecule has 1 saturated heterocycles. The molecule has 0 radical (unpaired) electrons. The van der Waals surface area contributed by atoms with Crippen molar-refractivity contribution in [2.75, 3.05) is 32.8 Å². The summed E-state index contributed by atoms with van der Waals surface area (Å²) in [6, 6.07) is 7.03. The number of benzene rings is 1. The van der Waals surface area contributed by atoms with Gasteiger partial charge in [-0.2, -0.15) is 4.31 Å². The van der Waals surface area contributed by atoms with Crippen molar-refractivity contribution in [2.24, 2.45) is 5.92 Å². The molecule has 0 aromatic heterocycles. The molecule has 1 amide bonds. The lowest BCUT2D eigenvalue weighted by Gasteiger charge is -2.34. The average Bonchev–Trinajstić information content (AvgIpc) is 2.71. The van der Waals surface area contributed by atoms with Gasteiger partial charge in [0.05, 0.1) is 10.8 Å². The lowest BCUT2D eigenvalue weighted by molar-refractivity contribution is -0.155. The Balaban J connectivity index is 1.94. The first-order valence-electron chi connectivity index (χ1n) is 9.71. The number of carbonyl (C=O) groups excluding carboxylic acids is 2. The van der Waals surface area contributed by atoms with Crippen LogP contribution < -0.4 is 0 Å². The van der Waals surface area contributed by atoms with Gasteiger partial charge in [0.15, 0.2) is 6.61 Å². The second kappa shape index (κ2) is 9.52. The Labute approximate surface area is 167 Å². The fraction of sp³-hybridized carbons (Fsp3) is 0.600. The van der Waals surface area contributed by atoms with Crippen molar-refractivity contribution in [1.82, 2.24) is 9.21 Å². The predicted octanol–water partition coefficient (Wildman–Crippen LogP) is 2.23. The van der Waals surface area contributed by atoms with E-state index in [1.807, 2.05) is 12.1 Å². The second-order valence-electron chi connectivity index (χ2n) is 7.43.